The van der Waals surface area contributed by atoms with Crippen LogP contribution in [0.3, 0.4) is 0 Å². The van der Waals surface area contributed by atoms with Gasteiger partial charge in [-0.3, -0.25) is 0 Å². The lowest BCUT2D eigenvalue weighted by Crippen LogP contribution is -2.34. The topological polar surface area (TPSA) is 38.0 Å². The Kier molecular flexibility index (Phi) is 5.36. The second kappa shape index (κ2) is 6.35. The fourth-order valence-electron chi connectivity index (χ4n) is 1.69. The molecule has 0 aliphatic carbocycles. The zero-order chi connectivity index (χ0) is 13.8. The number of nitrogens with two attached hydrogens (primary N) is 1. The van der Waals surface area contributed by atoms with Crippen LogP contribution in [0.4, 0.5) is 0 Å². The number of nitrogens with one attached hydrogen (secondary N) is 1. The molecule has 0 radical (unpaired) electrons. The van der Waals surface area contributed by atoms with Crippen LogP contribution in [0.1, 0.15) is 44.9 Å². The zero-order valence-electron chi connectivity index (χ0n) is 12.5. The summed E-state index contributed by atoms with van der Waals surface area (Å²) >= 11 is 0. The van der Waals surface area contributed by atoms with E-state index in [0.29, 0.717) is 11.3 Å². The van der Waals surface area contributed by atoms with E-state index < -0.39 is 0 Å². The van der Waals surface area contributed by atoms with Crippen molar-refractivity contribution in [3.63, 3.8) is 0 Å². The van der Waals surface area contributed by atoms with E-state index in [1.807, 2.05) is 0 Å². The van der Waals surface area contributed by atoms with Gasteiger partial charge in [0.05, 0.1) is 0 Å². The molecule has 0 heterocycles. The largest absolute Gasteiger partial charge is 0.323 e. The molecular formula is C16H28N2. The Morgan fingerprint density at radius 1 is 1.11 bits per heavy atom. The molecule has 0 aromatic heterocycles. The van der Waals surface area contributed by atoms with Gasteiger partial charge in [-0.15, -0.1) is 0 Å². The fourth-order valence-corrected chi connectivity index (χ4v) is 1.69. The first-order chi connectivity index (χ1) is 8.30. The zero-order valence-corrected chi connectivity index (χ0v) is 12.5. The Hall–Kier alpha value is -0.860. The maximum absolute atomic E-state index is 6.18. The molecule has 102 valence electrons. The van der Waals surface area contributed by atoms with Crippen LogP contribution in [0.2, 0.25) is 0 Å². The van der Waals surface area contributed by atoms with Crippen molar-refractivity contribution in [1.82, 2.24) is 5.32 Å². The lowest BCUT2D eigenvalue weighted by atomic mass is 9.82. The summed E-state index contributed by atoms with van der Waals surface area (Å²) in [6.07, 6.45) is 0. The Labute approximate surface area is 112 Å². The smallest absolute Gasteiger partial charge is 0.0421 e. The molecule has 0 aliphatic rings. The molecular weight excluding hydrogens is 220 g/mol. The number of hydrogen-bond donors (Lipinski definition) is 2. The molecule has 0 bridgehead atoms. The molecule has 0 spiro atoms. The number of benzene rings is 1. The van der Waals surface area contributed by atoms with E-state index in [4.69, 9.17) is 5.73 Å². The second-order valence-corrected chi connectivity index (χ2v) is 6.44. The molecule has 2 atom stereocenters. The van der Waals surface area contributed by atoms with E-state index >= 15 is 0 Å². The highest BCUT2D eigenvalue weighted by Gasteiger charge is 2.19. The predicted molar refractivity (Wildman–Crippen MR) is 79.6 cm³/mol. The summed E-state index contributed by atoms with van der Waals surface area (Å²) in [5.41, 5.74) is 9.01. The normalized spacial score (nSPS) is 15.4. The highest BCUT2D eigenvalue weighted by atomic mass is 14.9. The van der Waals surface area contributed by atoms with Crippen molar-refractivity contribution in [2.45, 2.75) is 40.7 Å². The molecule has 2 heteroatoms. The van der Waals surface area contributed by atoms with E-state index in [1.165, 1.54) is 11.1 Å². The summed E-state index contributed by atoms with van der Waals surface area (Å²) in [5.74, 6) is 0.641. The Bertz CT molecular complexity index is 348. The Morgan fingerprint density at radius 2 is 1.67 bits per heavy atom. The van der Waals surface area contributed by atoms with Crippen molar-refractivity contribution in [3.8, 4) is 0 Å². The highest BCUT2D eigenvalue weighted by molar-refractivity contribution is 5.24. The van der Waals surface area contributed by atoms with E-state index in [0.717, 1.165) is 13.1 Å². The van der Waals surface area contributed by atoms with Gasteiger partial charge in [0.1, 0.15) is 0 Å². The van der Waals surface area contributed by atoms with Gasteiger partial charge in [0, 0.05) is 12.6 Å². The lowest BCUT2D eigenvalue weighted by molar-refractivity contribution is 0.252. The maximum Gasteiger partial charge on any atom is 0.0421 e. The average molecular weight is 248 g/mol. The summed E-state index contributed by atoms with van der Waals surface area (Å²) in [7, 11) is 0. The van der Waals surface area contributed by atoms with Gasteiger partial charge in [-0.25, -0.2) is 0 Å². The first-order valence-electron chi connectivity index (χ1n) is 6.83. The van der Waals surface area contributed by atoms with Crippen LogP contribution in [0.15, 0.2) is 24.3 Å². The molecule has 1 rings (SSSR count). The van der Waals surface area contributed by atoms with Gasteiger partial charge >= 0.3 is 0 Å². The van der Waals surface area contributed by atoms with Gasteiger partial charge in [-0.2, -0.15) is 0 Å². The average Bonchev–Trinajstić information content (AvgIpc) is 2.28. The quantitative estimate of drug-likeness (QED) is 0.839. The van der Waals surface area contributed by atoms with E-state index in [2.05, 4.69) is 64.2 Å². The first kappa shape index (κ1) is 15.2. The maximum atomic E-state index is 6.18. The molecule has 0 saturated heterocycles. The highest BCUT2D eigenvalue weighted by Crippen LogP contribution is 2.24. The second-order valence-electron chi connectivity index (χ2n) is 6.44. The van der Waals surface area contributed by atoms with E-state index in [1.54, 1.807) is 0 Å². The minimum absolute atomic E-state index is 0.0813. The first-order valence-corrected chi connectivity index (χ1v) is 6.83. The summed E-state index contributed by atoms with van der Waals surface area (Å²) in [4.78, 5) is 0. The molecule has 0 saturated carbocycles. The van der Waals surface area contributed by atoms with Gasteiger partial charge < -0.3 is 11.1 Å². The lowest BCUT2D eigenvalue weighted by Gasteiger charge is -2.28. The van der Waals surface area contributed by atoms with Crippen molar-refractivity contribution < 1.29 is 0 Å². The van der Waals surface area contributed by atoms with Crippen LogP contribution in [0, 0.1) is 18.3 Å². The SMILES string of the molecule is Cc1ccc(C(N)CNCC(C)C(C)(C)C)cc1. The van der Waals surface area contributed by atoms with Gasteiger partial charge in [-0.1, -0.05) is 57.5 Å². The summed E-state index contributed by atoms with van der Waals surface area (Å²) in [5, 5.41) is 3.48. The van der Waals surface area contributed by atoms with Gasteiger partial charge in [0.15, 0.2) is 0 Å². The Balaban J connectivity index is 2.38. The Morgan fingerprint density at radius 3 is 2.17 bits per heavy atom. The molecule has 1 aromatic rings. The minimum atomic E-state index is 0.0813. The molecule has 2 unspecified atom stereocenters. The van der Waals surface area contributed by atoms with Crippen LogP contribution in [0.25, 0.3) is 0 Å². The van der Waals surface area contributed by atoms with Crippen LogP contribution in [-0.4, -0.2) is 13.1 Å². The van der Waals surface area contributed by atoms with Crippen LogP contribution in [-0.2, 0) is 0 Å². The molecule has 0 fully saturated rings. The standard InChI is InChI=1S/C16H28N2/c1-12-6-8-14(9-7-12)15(17)11-18-10-13(2)16(3,4)5/h6-9,13,15,18H,10-11,17H2,1-5H3. The van der Waals surface area contributed by atoms with Crippen molar-refractivity contribution in [2.75, 3.05) is 13.1 Å². The van der Waals surface area contributed by atoms with Crippen molar-refractivity contribution >= 4 is 0 Å². The molecule has 0 aliphatic heterocycles. The predicted octanol–water partition coefficient (Wildman–Crippen LogP) is 3.27. The number of hydrogen-bond acceptors (Lipinski definition) is 2. The third-order valence-electron chi connectivity index (χ3n) is 3.80. The van der Waals surface area contributed by atoms with Crippen molar-refractivity contribution in [1.29, 1.82) is 0 Å². The molecule has 2 nitrogen and oxygen atoms in total. The third-order valence-corrected chi connectivity index (χ3v) is 3.80. The minimum Gasteiger partial charge on any atom is -0.323 e. The molecule has 0 amide bonds. The van der Waals surface area contributed by atoms with E-state index in [9.17, 15) is 0 Å². The van der Waals surface area contributed by atoms with Gasteiger partial charge in [0.25, 0.3) is 0 Å². The summed E-state index contributed by atoms with van der Waals surface area (Å²) in [6, 6.07) is 8.56. The summed E-state index contributed by atoms with van der Waals surface area (Å²) < 4.78 is 0. The van der Waals surface area contributed by atoms with Crippen LogP contribution >= 0.6 is 0 Å². The molecule has 1 aromatic carbocycles. The van der Waals surface area contributed by atoms with Crippen LogP contribution in [0.5, 0.6) is 0 Å². The molecule has 18 heavy (non-hydrogen) atoms. The summed E-state index contributed by atoms with van der Waals surface area (Å²) in [6.45, 7) is 13.1. The fraction of sp³-hybridized carbons (Fsp3) is 0.625. The van der Waals surface area contributed by atoms with Gasteiger partial charge in [0.2, 0.25) is 0 Å². The van der Waals surface area contributed by atoms with Crippen molar-refractivity contribution in [3.05, 3.63) is 35.4 Å². The van der Waals surface area contributed by atoms with Gasteiger partial charge in [-0.05, 0) is 30.4 Å². The number of aryl methyl sites for hydroxylation is 1. The van der Waals surface area contributed by atoms with Crippen LogP contribution < -0.4 is 11.1 Å². The number of rotatable bonds is 5. The monoisotopic (exact) mass is 248 g/mol. The molecule has 3 N–H and O–H groups in total. The van der Waals surface area contributed by atoms with E-state index in [-0.39, 0.29) is 6.04 Å². The van der Waals surface area contributed by atoms with Crippen molar-refractivity contribution in [2.24, 2.45) is 17.1 Å². The third kappa shape index (κ3) is 4.79.